The Kier molecular flexibility index (Phi) is 37.6. The quantitative estimate of drug-likeness (QED) is 0.0263. The van der Waals surface area contributed by atoms with Gasteiger partial charge in [-0.1, -0.05) is 75.2 Å². The van der Waals surface area contributed by atoms with Crippen LogP contribution >= 0.6 is 0 Å². The minimum atomic E-state index is -0.947. The molecule has 0 aromatic carbocycles. The van der Waals surface area contributed by atoms with E-state index < -0.39 is 46.1 Å². The lowest BCUT2D eigenvalue weighted by Gasteiger charge is -2.26. The fraction of sp³-hybridized carbons (Fsp3) is 0.857. The summed E-state index contributed by atoms with van der Waals surface area (Å²) >= 11 is 0. The maximum absolute atomic E-state index is 12.0. The minimum absolute atomic E-state index is 0.00153. The summed E-state index contributed by atoms with van der Waals surface area (Å²) in [5.41, 5.74) is -2.05. The summed E-state index contributed by atoms with van der Waals surface area (Å²) < 4.78 is 20.0. The Morgan fingerprint density at radius 1 is 0.537 bits per heavy atom. The first-order valence-electron chi connectivity index (χ1n) is 23.8. The smallest absolute Gasteiger partial charge is 0.311 e. The van der Waals surface area contributed by atoms with Gasteiger partial charge >= 0.3 is 29.8 Å². The molecule has 1 rings (SSSR count). The third kappa shape index (κ3) is 31.7. The van der Waals surface area contributed by atoms with Gasteiger partial charge in [0.15, 0.2) is 0 Å². The zero-order valence-electron chi connectivity index (χ0n) is 44.2. The van der Waals surface area contributed by atoms with Gasteiger partial charge in [-0.05, 0) is 93.4 Å². The monoisotopic (exact) mass is 967 g/mol. The number of amides is 2. The second kappa shape index (κ2) is 36.2. The van der Waals surface area contributed by atoms with Crippen LogP contribution in [0.15, 0.2) is 0 Å². The summed E-state index contributed by atoms with van der Waals surface area (Å²) in [4.78, 5) is 79.7. The fourth-order valence-electron chi connectivity index (χ4n) is 4.58. The molecule has 0 aromatic rings. The first-order chi connectivity index (χ1) is 30.8. The van der Waals surface area contributed by atoms with Gasteiger partial charge in [-0.2, -0.15) is 0 Å². The highest BCUT2D eigenvalue weighted by molar-refractivity contribution is 5.82. The lowest BCUT2D eigenvalue weighted by atomic mass is 9.79. The molecule has 0 spiro atoms. The van der Waals surface area contributed by atoms with E-state index >= 15 is 0 Å². The van der Waals surface area contributed by atoms with Gasteiger partial charge in [0.25, 0.3) is 0 Å². The number of aliphatic hydroxyl groups is 4. The molecule has 0 aliphatic heterocycles. The third-order valence-electron chi connectivity index (χ3n) is 11.9. The normalized spacial score (nSPS) is 15.3. The molecule has 1 fully saturated rings. The van der Waals surface area contributed by atoms with Crippen molar-refractivity contribution in [3.63, 3.8) is 0 Å². The maximum Gasteiger partial charge on any atom is 0.311 e. The highest BCUT2D eigenvalue weighted by Gasteiger charge is 2.37. The zero-order valence-corrected chi connectivity index (χ0v) is 44.2. The number of esters is 4. The number of carboxylic acids is 1. The van der Waals surface area contributed by atoms with Crippen LogP contribution in [0.1, 0.15) is 175 Å². The predicted octanol–water partition coefficient (Wildman–Crippen LogP) is 6.11. The molecule has 0 bridgehead atoms. The summed E-state index contributed by atoms with van der Waals surface area (Å²) in [5.74, 6) is -3.55. The largest absolute Gasteiger partial charge is 0.481 e. The van der Waals surface area contributed by atoms with Crippen molar-refractivity contribution < 1.29 is 78.0 Å². The Hall–Kier alpha value is -3.87. The van der Waals surface area contributed by atoms with Gasteiger partial charge in [-0.25, -0.2) is 0 Å². The summed E-state index contributed by atoms with van der Waals surface area (Å²) in [6.07, 6.45) is 6.40. The third-order valence-corrected chi connectivity index (χ3v) is 11.9. The van der Waals surface area contributed by atoms with Crippen molar-refractivity contribution in [2.75, 3.05) is 52.9 Å². The second-order valence-corrected chi connectivity index (χ2v) is 19.6. The van der Waals surface area contributed by atoms with E-state index in [-0.39, 0.29) is 80.3 Å². The Bertz CT molecular complexity index is 1430. The van der Waals surface area contributed by atoms with Crippen LogP contribution in [0.4, 0.5) is 0 Å². The van der Waals surface area contributed by atoms with Crippen LogP contribution in [0, 0.1) is 38.9 Å². The number of aliphatic hydroxyl groups excluding tert-OH is 4. The van der Waals surface area contributed by atoms with Gasteiger partial charge in [0, 0.05) is 30.4 Å². The lowest BCUT2D eigenvalue weighted by molar-refractivity contribution is -0.164. The highest BCUT2D eigenvalue weighted by atomic mass is 16.6. The summed E-state index contributed by atoms with van der Waals surface area (Å²) in [6, 6.07) is 0. The molecule has 3 atom stereocenters. The molecule has 2 amide bonds. The van der Waals surface area contributed by atoms with Gasteiger partial charge in [0.2, 0.25) is 11.8 Å². The van der Waals surface area contributed by atoms with Crippen molar-refractivity contribution >= 4 is 41.7 Å². The molecule has 0 aromatic heterocycles. The predicted molar refractivity (Wildman–Crippen MR) is 256 cm³/mol. The molecular formula is C49H94N2O16. The molecular weight excluding hydrogens is 873 g/mol. The van der Waals surface area contributed by atoms with Crippen LogP contribution in [0.25, 0.3) is 0 Å². The minimum Gasteiger partial charge on any atom is -0.481 e. The molecule has 18 heteroatoms. The first kappa shape index (κ1) is 69.7. The average Bonchev–Trinajstić information content (AvgIpc) is 3.29. The van der Waals surface area contributed by atoms with Crippen molar-refractivity contribution in [3.8, 4) is 0 Å². The number of carbonyl (C=O) groups is 7. The van der Waals surface area contributed by atoms with Crippen molar-refractivity contribution in [1.29, 1.82) is 0 Å². The molecule has 1 aliphatic carbocycles. The topological polar surface area (TPSA) is 282 Å². The number of hydrogen-bond donors (Lipinski definition) is 7. The van der Waals surface area contributed by atoms with E-state index in [1.807, 2.05) is 90.0 Å². The number of ether oxygens (including phenoxy) is 4. The van der Waals surface area contributed by atoms with Gasteiger partial charge < -0.3 is 55.1 Å². The summed E-state index contributed by atoms with van der Waals surface area (Å²) in [7, 11) is 0. The van der Waals surface area contributed by atoms with E-state index in [1.54, 1.807) is 20.8 Å². The summed E-state index contributed by atoms with van der Waals surface area (Å²) in [6.45, 7) is 30.2. The fourth-order valence-corrected chi connectivity index (χ4v) is 4.58. The Labute approximate surface area is 402 Å². The lowest BCUT2D eigenvalue weighted by Crippen LogP contribution is -2.37. The molecule has 0 saturated heterocycles. The van der Waals surface area contributed by atoms with Crippen LogP contribution in [0.3, 0.4) is 0 Å². The Morgan fingerprint density at radius 3 is 1.27 bits per heavy atom. The molecule has 396 valence electrons. The van der Waals surface area contributed by atoms with Crippen molar-refractivity contribution in [2.45, 2.75) is 181 Å². The van der Waals surface area contributed by atoms with Gasteiger partial charge in [0.05, 0.1) is 47.4 Å². The maximum atomic E-state index is 12.0. The van der Waals surface area contributed by atoms with Crippen LogP contribution in [-0.4, -0.2) is 126 Å². The average molecular weight is 967 g/mol. The molecule has 0 heterocycles. The number of nitrogens with one attached hydrogen (secondary N) is 2. The highest BCUT2D eigenvalue weighted by Crippen LogP contribution is 2.31. The molecule has 67 heavy (non-hydrogen) atoms. The number of rotatable bonds is 23. The molecule has 0 radical (unpaired) electrons. The van der Waals surface area contributed by atoms with Gasteiger partial charge in [-0.3, -0.25) is 33.6 Å². The van der Waals surface area contributed by atoms with Crippen LogP contribution in [0.2, 0.25) is 0 Å². The van der Waals surface area contributed by atoms with Gasteiger partial charge in [-0.15, -0.1) is 0 Å². The zero-order chi connectivity index (χ0) is 53.2. The van der Waals surface area contributed by atoms with Crippen LogP contribution in [-0.2, 0) is 52.5 Å². The SMILES string of the molecule is CCC(C)(C)C(=O)NCCO.CCC(C)(C)C(=O)NCO.CCC(C)(C)C(=O)OCC(C)O.CCC(C)(C)C(=O)OCCCO.CCC(C)(C)C(=O)OCCOC(=O)C1CCCCC1C(=O)O. The molecule has 3 unspecified atom stereocenters. The first-order valence-corrected chi connectivity index (χ1v) is 23.8. The molecule has 7 N–H and O–H groups in total. The van der Waals surface area contributed by atoms with E-state index in [0.717, 1.165) is 38.5 Å². The van der Waals surface area contributed by atoms with E-state index in [2.05, 4.69) is 10.6 Å². The number of aliphatic carboxylic acids is 1. The van der Waals surface area contributed by atoms with E-state index in [4.69, 9.17) is 44.5 Å². The van der Waals surface area contributed by atoms with E-state index in [0.29, 0.717) is 38.8 Å². The van der Waals surface area contributed by atoms with Crippen molar-refractivity contribution in [3.05, 3.63) is 0 Å². The Balaban J connectivity index is -0.000000386. The standard InChI is InChI=1S/C16H26O6.2C9H18O3.C8H17NO2.C7H15NO2/c1-4-16(2,3)15(20)22-10-9-21-14(19)12-8-6-5-7-11(12)13(17)18;1-5-9(3,4)8(11)12-6-7(2)10;1-4-9(2,3)8(11)12-7-5-6-10;1-4-8(2,3)7(11)9-5-6-10;1-4-7(2,3)6(10)8-5-9/h11-12H,4-10H2,1-3H3,(H,17,18);7,10H,5-6H2,1-4H3;10H,4-7H2,1-3H3;10H,4-6H2,1-3H3,(H,9,11);9H,4-5H2,1-3H3,(H,8,10). The van der Waals surface area contributed by atoms with Gasteiger partial charge in [0.1, 0.15) is 26.6 Å². The molecule has 1 aliphatic rings. The number of carboxylic acid groups (broad SMARTS) is 1. The summed E-state index contributed by atoms with van der Waals surface area (Å²) in [5, 5.41) is 48.2. The molecule has 18 nitrogen and oxygen atoms in total. The van der Waals surface area contributed by atoms with Crippen molar-refractivity contribution in [1.82, 2.24) is 10.6 Å². The number of carbonyl (C=O) groups excluding carboxylic acids is 6. The van der Waals surface area contributed by atoms with E-state index in [1.165, 1.54) is 0 Å². The van der Waals surface area contributed by atoms with Crippen LogP contribution in [0.5, 0.6) is 0 Å². The van der Waals surface area contributed by atoms with Crippen LogP contribution < -0.4 is 10.6 Å². The molecule has 1 saturated carbocycles. The Morgan fingerprint density at radius 2 is 0.910 bits per heavy atom. The second-order valence-electron chi connectivity index (χ2n) is 19.6. The van der Waals surface area contributed by atoms with Crippen molar-refractivity contribution in [2.24, 2.45) is 38.9 Å². The van der Waals surface area contributed by atoms with E-state index in [9.17, 15) is 33.6 Å². The number of hydrogen-bond acceptors (Lipinski definition) is 15.